The fourth-order valence-electron chi connectivity index (χ4n) is 3.88. The zero-order valence-electron chi connectivity index (χ0n) is 21.6. The maximum Gasteiger partial charge on any atom is 0.255 e. The Balaban J connectivity index is 1.72. The summed E-state index contributed by atoms with van der Waals surface area (Å²) >= 11 is 1.57. The van der Waals surface area contributed by atoms with Gasteiger partial charge in [0.2, 0.25) is 17.7 Å². The van der Waals surface area contributed by atoms with Gasteiger partial charge in [-0.25, -0.2) is 4.98 Å². The molecule has 3 atom stereocenters. The number of hydrogen-bond acceptors (Lipinski definition) is 8. The first-order valence-electron chi connectivity index (χ1n) is 12.7. The van der Waals surface area contributed by atoms with E-state index < -0.39 is 41.8 Å². The molecule has 1 aromatic heterocycles. The summed E-state index contributed by atoms with van der Waals surface area (Å²) < 4.78 is 5.77. The van der Waals surface area contributed by atoms with Crippen LogP contribution in [0.3, 0.4) is 0 Å². The van der Waals surface area contributed by atoms with Gasteiger partial charge < -0.3 is 31.1 Å². The molecule has 0 fully saturated rings. The summed E-state index contributed by atoms with van der Waals surface area (Å²) in [6.07, 6.45) is 0.542. The summed E-state index contributed by atoms with van der Waals surface area (Å²) in [5.41, 5.74) is 1.22. The zero-order valence-corrected chi connectivity index (χ0v) is 22.4. The highest BCUT2D eigenvalue weighted by Gasteiger charge is 2.28. The summed E-state index contributed by atoms with van der Waals surface area (Å²) in [5, 5.41) is 23.7. The lowest BCUT2D eigenvalue weighted by molar-refractivity contribution is -0.132. The number of amides is 4. The lowest BCUT2D eigenvalue weighted by Gasteiger charge is -2.23. The molecule has 0 spiro atoms. The van der Waals surface area contributed by atoms with Gasteiger partial charge in [0.05, 0.1) is 23.3 Å². The number of aliphatic hydroxyl groups excluding tert-OH is 1. The number of aliphatic hydroxyl groups is 1. The Bertz CT molecular complexity index is 1120. The van der Waals surface area contributed by atoms with Crippen molar-refractivity contribution in [3.63, 3.8) is 0 Å². The van der Waals surface area contributed by atoms with E-state index in [2.05, 4.69) is 26.3 Å². The topological polar surface area (TPSA) is 159 Å². The van der Waals surface area contributed by atoms with Crippen LogP contribution >= 0.6 is 11.3 Å². The van der Waals surface area contributed by atoms with Gasteiger partial charge in [0, 0.05) is 37.0 Å². The normalized spacial score (nSPS) is 20.2. The second-order valence-electron chi connectivity index (χ2n) is 9.12. The van der Waals surface area contributed by atoms with Crippen LogP contribution in [0.15, 0.2) is 29.6 Å². The number of hydrogen-bond donors (Lipinski definition) is 5. The standard InChI is InChI=1S/C26H35N5O6S/c1-16-15-38-22(29-16)9-5-12-27-25(35)19-10-11-21(33)31-23(17(2)32)26(36)28-13-6-14-37-20-8-4-3-7-18(20)24(34)30-19/h3-4,7-8,15,17,19,23,32H,5-6,9-14H2,1-2H3,(H,27,35)(H,28,36)(H,30,34)(H,31,33)/t17-,19+,23+/m1/s1. The predicted molar refractivity (Wildman–Crippen MR) is 142 cm³/mol. The molecule has 0 unspecified atom stereocenters. The van der Waals surface area contributed by atoms with Gasteiger partial charge in [-0.15, -0.1) is 11.3 Å². The number of rotatable bonds is 6. The lowest BCUT2D eigenvalue weighted by atomic mass is 10.1. The quantitative estimate of drug-likeness (QED) is 0.337. The van der Waals surface area contributed by atoms with E-state index in [1.807, 2.05) is 12.3 Å². The van der Waals surface area contributed by atoms with Crippen LogP contribution in [-0.4, -0.2) is 71.6 Å². The van der Waals surface area contributed by atoms with Crippen molar-refractivity contribution in [1.82, 2.24) is 26.3 Å². The highest BCUT2D eigenvalue weighted by molar-refractivity contribution is 7.09. The van der Waals surface area contributed by atoms with Gasteiger partial charge in [-0.05, 0) is 45.2 Å². The Hall–Kier alpha value is -3.51. The Morgan fingerprint density at radius 1 is 1.26 bits per heavy atom. The molecular formula is C26H35N5O6S. The van der Waals surface area contributed by atoms with Gasteiger partial charge in [-0.2, -0.15) is 0 Å². The number of para-hydroxylation sites is 1. The number of fused-ring (bicyclic) bond motifs is 1. The molecule has 2 aromatic rings. The molecule has 0 saturated heterocycles. The van der Waals surface area contributed by atoms with Crippen molar-refractivity contribution in [2.45, 2.75) is 64.1 Å². The van der Waals surface area contributed by atoms with E-state index in [4.69, 9.17) is 4.74 Å². The predicted octanol–water partition coefficient (Wildman–Crippen LogP) is 0.843. The minimum Gasteiger partial charge on any atom is -0.493 e. The van der Waals surface area contributed by atoms with Crippen LogP contribution in [0.5, 0.6) is 5.75 Å². The number of carbonyl (C=O) groups is 4. The molecular weight excluding hydrogens is 510 g/mol. The molecule has 1 aliphatic rings. The molecule has 0 radical (unpaired) electrons. The smallest absolute Gasteiger partial charge is 0.255 e. The maximum atomic E-state index is 13.1. The van der Waals surface area contributed by atoms with Gasteiger partial charge in [0.1, 0.15) is 17.8 Å². The molecule has 0 bridgehead atoms. The highest BCUT2D eigenvalue weighted by atomic mass is 32.1. The van der Waals surface area contributed by atoms with E-state index >= 15 is 0 Å². The van der Waals surface area contributed by atoms with Crippen molar-refractivity contribution in [1.29, 1.82) is 0 Å². The van der Waals surface area contributed by atoms with E-state index in [0.717, 1.165) is 10.7 Å². The maximum absolute atomic E-state index is 13.1. The third-order valence-corrected chi connectivity index (χ3v) is 6.93. The molecule has 0 aliphatic carbocycles. The van der Waals surface area contributed by atoms with Gasteiger partial charge >= 0.3 is 0 Å². The molecule has 38 heavy (non-hydrogen) atoms. The Morgan fingerprint density at radius 2 is 2.05 bits per heavy atom. The number of aryl methyl sites for hydroxylation is 2. The van der Waals surface area contributed by atoms with Gasteiger partial charge in [-0.1, -0.05) is 12.1 Å². The first-order valence-corrected chi connectivity index (χ1v) is 13.6. The number of aromatic nitrogens is 1. The second-order valence-corrected chi connectivity index (χ2v) is 10.1. The van der Waals surface area contributed by atoms with Crippen LogP contribution < -0.4 is 26.0 Å². The number of benzene rings is 1. The zero-order chi connectivity index (χ0) is 27.5. The monoisotopic (exact) mass is 545 g/mol. The third kappa shape index (κ3) is 8.80. The van der Waals surface area contributed by atoms with Gasteiger partial charge in [0.15, 0.2) is 0 Å². The second kappa shape index (κ2) is 14.4. The van der Waals surface area contributed by atoms with Crippen LogP contribution in [0.2, 0.25) is 0 Å². The van der Waals surface area contributed by atoms with Crippen molar-refractivity contribution in [3.05, 3.63) is 45.9 Å². The van der Waals surface area contributed by atoms with Crippen LogP contribution in [-0.2, 0) is 20.8 Å². The average Bonchev–Trinajstić information content (AvgIpc) is 3.31. The van der Waals surface area contributed by atoms with Gasteiger partial charge in [-0.3, -0.25) is 19.2 Å². The minimum atomic E-state index is -1.14. The largest absolute Gasteiger partial charge is 0.493 e. The van der Waals surface area contributed by atoms with Gasteiger partial charge in [0.25, 0.3) is 5.91 Å². The number of carbonyl (C=O) groups excluding carboxylic acids is 4. The van der Waals surface area contributed by atoms with Crippen LogP contribution in [0.1, 0.15) is 53.7 Å². The highest BCUT2D eigenvalue weighted by Crippen LogP contribution is 2.19. The average molecular weight is 546 g/mol. The lowest BCUT2D eigenvalue weighted by Crippen LogP contribution is -2.53. The fraction of sp³-hybridized carbons (Fsp3) is 0.500. The number of ether oxygens (including phenoxy) is 1. The van der Waals surface area contributed by atoms with Crippen LogP contribution in [0, 0.1) is 6.92 Å². The molecule has 4 amide bonds. The summed E-state index contributed by atoms with van der Waals surface area (Å²) in [6, 6.07) is 4.53. The number of nitrogens with one attached hydrogen (secondary N) is 4. The third-order valence-electron chi connectivity index (χ3n) is 5.91. The van der Waals surface area contributed by atoms with Crippen molar-refractivity contribution in [2.75, 3.05) is 19.7 Å². The van der Waals surface area contributed by atoms with Crippen LogP contribution in [0.25, 0.3) is 0 Å². The van der Waals surface area contributed by atoms with Crippen LogP contribution in [0.4, 0.5) is 0 Å². The van der Waals surface area contributed by atoms with E-state index in [-0.39, 0.29) is 31.6 Å². The Kier molecular flexibility index (Phi) is 11.0. The summed E-state index contributed by atoms with van der Waals surface area (Å²) in [7, 11) is 0. The summed E-state index contributed by atoms with van der Waals surface area (Å²) in [4.78, 5) is 55.7. The first-order chi connectivity index (χ1) is 18.2. The molecule has 12 heteroatoms. The molecule has 3 rings (SSSR count). The van der Waals surface area contributed by atoms with E-state index in [9.17, 15) is 24.3 Å². The van der Waals surface area contributed by atoms with Crippen molar-refractivity contribution < 1.29 is 29.0 Å². The van der Waals surface area contributed by atoms with E-state index in [0.29, 0.717) is 31.6 Å². The first kappa shape index (κ1) is 29.1. The molecule has 1 aromatic carbocycles. The molecule has 1 aliphatic heterocycles. The molecule has 11 nitrogen and oxygen atoms in total. The Labute approximate surface area is 225 Å². The van der Waals surface area contributed by atoms with E-state index in [1.165, 1.54) is 6.92 Å². The summed E-state index contributed by atoms with van der Waals surface area (Å²) in [6.45, 7) is 4.19. The van der Waals surface area contributed by atoms with Crippen molar-refractivity contribution in [3.8, 4) is 5.75 Å². The van der Waals surface area contributed by atoms with Crippen molar-refractivity contribution in [2.24, 2.45) is 0 Å². The van der Waals surface area contributed by atoms with Crippen molar-refractivity contribution >= 4 is 35.0 Å². The number of nitrogens with zero attached hydrogens (tertiary/aromatic N) is 1. The molecule has 0 saturated carbocycles. The van der Waals surface area contributed by atoms with E-state index in [1.54, 1.807) is 35.6 Å². The minimum absolute atomic E-state index is 0.00768. The SMILES string of the molecule is Cc1csc(CCCNC(=O)[C@@H]2CCC(=O)N[C@@H]([C@@H](C)O)C(=O)NCCCOc3ccccc3C(=O)N2)n1. The Morgan fingerprint density at radius 3 is 2.79 bits per heavy atom. The molecule has 5 N–H and O–H groups in total. The molecule has 2 heterocycles. The summed E-state index contributed by atoms with van der Waals surface area (Å²) in [5.74, 6) is -1.61. The number of thiazole rings is 1. The molecule has 206 valence electrons. The fourth-order valence-corrected chi connectivity index (χ4v) is 4.70.